The van der Waals surface area contributed by atoms with E-state index >= 15 is 0 Å². The molecule has 0 spiro atoms. The Morgan fingerprint density at radius 2 is 1.71 bits per heavy atom. The number of methoxy groups -OCH3 is 1. The van der Waals surface area contributed by atoms with E-state index < -0.39 is 12.1 Å². The number of nitrogens with zero attached hydrogens (tertiary/aromatic N) is 3. The molecule has 2 aliphatic heterocycles. The zero-order chi connectivity index (χ0) is 24.3. The van der Waals surface area contributed by atoms with E-state index in [1.165, 1.54) is 0 Å². The molecule has 0 saturated carbocycles. The van der Waals surface area contributed by atoms with Gasteiger partial charge in [0.2, 0.25) is 5.95 Å². The third-order valence-electron chi connectivity index (χ3n) is 6.22. The molecule has 2 atom stereocenters. The minimum Gasteiger partial charge on any atom is -0.497 e. The van der Waals surface area contributed by atoms with E-state index in [1.54, 1.807) is 13.2 Å². The molecule has 0 amide bonds. The summed E-state index contributed by atoms with van der Waals surface area (Å²) in [6.07, 6.45) is -0.438. The average Bonchev–Trinajstić information content (AvgIpc) is 3.22. The number of ether oxygens (including phenoxy) is 2. The Bertz CT molecular complexity index is 1500. The zero-order valence-corrected chi connectivity index (χ0v) is 21.0. The normalized spacial score (nSPS) is 18.2. The van der Waals surface area contributed by atoms with Gasteiger partial charge in [0, 0.05) is 26.2 Å². The summed E-state index contributed by atoms with van der Waals surface area (Å²) in [5, 5.41) is 9.89. The highest BCUT2D eigenvalue weighted by Crippen LogP contribution is 2.52. The lowest BCUT2D eigenvalue weighted by Crippen LogP contribution is -2.32. The second-order valence-corrected chi connectivity index (χ2v) is 9.64. The van der Waals surface area contributed by atoms with E-state index in [9.17, 15) is 0 Å². The van der Waals surface area contributed by atoms with Crippen LogP contribution in [0.2, 0.25) is 15.1 Å². The van der Waals surface area contributed by atoms with Crippen molar-refractivity contribution in [3.05, 3.63) is 104 Å². The molecular weight excluding hydrogens is 507 g/mol. The third kappa shape index (κ3) is 3.73. The van der Waals surface area contributed by atoms with E-state index in [-0.39, 0.29) is 0 Å². The topological polar surface area (TPSA) is 61.2 Å². The van der Waals surface area contributed by atoms with Gasteiger partial charge in [-0.15, -0.1) is 0 Å². The molecule has 0 unspecified atom stereocenters. The monoisotopic (exact) mass is 524 g/mol. The summed E-state index contributed by atoms with van der Waals surface area (Å²) < 4.78 is 13.8. The van der Waals surface area contributed by atoms with Crippen molar-refractivity contribution in [1.82, 2.24) is 14.8 Å². The van der Waals surface area contributed by atoms with Crippen molar-refractivity contribution in [1.29, 1.82) is 0 Å². The van der Waals surface area contributed by atoms with Crippen LogP contribution in [0.1, 0.15) is 34.7 Å². The van der Waals surface area contributed by atoms with Crippen LogP contribution in [-0.4, -0.2) is 21.9 Å². The molecule has 4 aromatic rings. The van der Waals surface area contributed by atoms with Gasteiger partial charge in [-0.1, -0.05) is 53.0 Å². The molecule has 0 radical (unpaired) electrons. The molecule has 9 heteroatoms. The van der Waals surface area contributed by atoms with Gasteiger partial charge in [-0.05, 0) is 60.5 Å². The van der Waals surface area contributed by atoms with Crippen molar-refractivity contribution in [2.24, 2.45) is 0 Å². The number of halogens is 3. The molecule has 3 aromatic carbocycles. The fourth-order valence-corrected chi connectivity index (χ4v) is 5.37. The molecule has 6 rings (SSSR count). The molecule has 0 aliphatic carbocycles. The number of hydrogen-bond acceptors (Lipinski definition) is 5. The zero-order valence-electron chi connectivity index (χ0n) is 18.7. The Kier molecular flexibility index (Phi) is 5.40. The van der Waals surface area contributed by atoms with Crippen LogP contribution in [0.3, 0.4) is 0 Å². The summed E-state index contributed by atoms with van der Waals surface area (Å²) in [6.45, 7) is 1.86. The van der Waals surface area contributed by atoms with Gasteiger partial charge in [0.15, 0.2) is 0 Å². The highest BCUT2D eigenvalue weighted by atomic mass is 35.5. The number of nitrogens with one attached hydrogen (secondary N) is 1. The number of anilines is 1. The first-order valence-electron chi connectivity index (χ1n) is 10.9. The summed E-state index contributed by atoms with van der Waals surface area (Å²) in [5.41, 5.74) is 4.44. The minimum atomic E-state index is -0.438. The number of aromatic nitrogens is 3. The first kappa shape index (κ1) is 22.3. The molecule has 2 aliphatic rings. The fraction of sp³-hybridized carbons (Fsp3) is 0.154. The van der Waals surface area contributed by atoms with E-state index in [0.29, 0.717) is 32.6 Å². The molecule has 0 bridgehead atoms. The lowest BCUT2D eigenvalue weighted by atomic mass is 9.84. The molecule has 6 nitrogen and oxygen atoms in total. The summed E-state index contributed by atoms with van der Waals surface area (Å²) in [4.78, 5) is 4.63. The van der Waals surface area contributed by atoms with E-state index in [4.69, 9.17) is 49.4 Å². The molecule has 0 saturated heterocycles. The smallest absolute Gasteiger partial charge is 0.226 e. The summed E-state index contributed by atoms with van der Waals surface area (Å²) in [7, 11) is 1.64. The standard InChI is InChI=1S/C26H19Cl3N4O2/c1-13-30-26-31-23-19-11-15(27)6-10-21(19)35-25(14-3-7-17(34-2)8-4-14)22(23)24(33(26)32-13)18-9-5-16(28)12-20(18)29/h3-12,24-25H,1-2H3,(H,30,31,32)/t24-,25+/m1/s1. The second kappa shape index (κ2) is 8.48. The first-order valence-corrected chi connectivity index (χ1v) is 12.1. The van der Waals surface area contributed by atoms with Crippen LogP contribution in [-0.2, 0) is 0 Å². The van der Waals surface area contributed by atoms with Crippen molar-refractivity contribution in [3.63, 3.8) is 0 Å². The predicted octanol–water partition coefficient (Wildman–Crippen LogP) is 7.12. The molecule has 1 aromatic heterocycles. The van der Waals surface area contributed by atoms with Crippen LogP contribution in [0.15, 0.2) is 66.2 Å². The lowest BCUT2D eigenvalue weighted by molar-refractivity contribution is 0.223. The molecular formula is C26H19Cl3N4O2. The van der Waals surface area contributed by atoms with E-state index in [0.717, 1.165) is 33.7 Å². The van der Waals surface area contributed by atoms with Gasteiger partial charge in [0.25, 0.3) is 0 Å². The van der Waals surface area contributed by atoms with E-state index in [1.807, 2.05) is 66.2 Å². The van der Waals surface area contributed by atoms with Crippen molar-refractivity contribution < 1.29 is 9.47 Å². The number of aryl methyl sites for hydroxylation is 1. The second-order valence-electron chi connectivity index (χ2n) is 8.36. The highest BCUT2D eigenvalue weighted by Gasteiger charge is 2.42. The minimum absolute atomic E-state index is 0.397. The van der Waals surface area contributed by atoms with Gasteiger partial charge < -0.3 is 14.8 Å². The number of hydrogen-bond donors (Lipinski definition) is 1. The van der Waals surface area contributed by atoms with Crippen molar-refractivity contribution >= 4 is 46.4 Å². The van der Waals surface area contributed by atoms with Crippen LogP contribution in [0.4, 0.5) is 5.95 Å². The Balaban J connectivity index is 1.64. The Hall–Kier alpha value is -3.19. The molecule has 176 valence electrons. The van der Waals surface area contributed by atoms with Gasteiger partial charge >= 0.3 is 0 Å². The number of fused-ring (bicyclic) bond motifs is 3. The lowest BCUT2D eigenvalue weighted by Gasteiger charge is -2.39. The highest BCUT2D eigenvalue weighted by molar-refractivity contribution is 6.35. The Morgan fingerprint density at radius 1 is 0.971 bits per heavy atom. The summed E-state index contributed by atoms with van der Waals surface area (Å²) in [5.74, 6) is 2.72. The first-order chi connectivity index (χ1) is 16.9. The van der Waals surface area contributed by atoms with Crippen LogP contribution in [0.25, 0.3) is 5.70 Å². The van der Waals surface area contributed by atoms with Crippen LogP contribution < -0.4 is 14.8 Å². The predicted molar refractivity (Wildman–Crippen MR) is 138 cm³/mol. The Morgan fingerprint density at radius 3 is 2.46 bits per heavy atom. The van der Waals surface area contributed by atoms with Crippen molar-refractivity contribution in [2.75, 3.05) is 12.4 Å². The quantitative estimate of drug-likeness (QED) is 0.309. The van der Waals surface area contributed by atoms with Crippen LogP contribution >= 0.6 is 34.8 Å². The summed E-state index contributed by atoms with van der Waals surface area (Å²) >= 11 is 19.4. The largest absolute Gasteiger partial charge is 0.497 e. The van der Waals surface area contributed by atoms with Gasteiger partial charge in [0.1, 0.15) is 29.5 Å². The molecule has 3 heterocycles. The van der Waals surface area contributed by atoms with Gasteiger partial charge in [-0.3, -0.25) is 0 Å². The van der Waals surface area contributed by atoms with Crippen molar-refractivity contribution in [3.8, 4) is 11.5 Å². The van der Waals surface area contributed by atoms with E-state index in [2.05, 4.69) is 10.3 Å². The van der Waals surface area contributed by atoms with Crippen LogP contribution in [0, 0.1) is 6.92 Å². The maximum absolute atomic E-state index is 6.76. The van der Waals surface area contributed by atoms with Gasteiger partial charge in [-0.2, -0.15) is 10.1 Å². The average molecular weight is 526 g/mol. The maximum atomic E-state index is 6.76. The third-order valence-corrected chi connectivity index (χ3v) is 7.01. The Labute approximate surface area is 217 Å². The SMILES string of the molecule is COc1ccc([C@@H]2Oc3ccc(Cl)cc3C3=C2[C@@H](c2ccc(Cl)cc2Cl)n2nc(C)nc2N3)cc1. The number of rotatable bonds is 3. The molecule has 0 fully saturated rings. The summed E-state index contributed by atoms with van der Waals surface area (Å²) in [6, 6.07) is 18.5. The molecule has 1 N–H and O–H groups in total. The number of benzene rings is 3. The maximum Gasteiger partial charge on any atom is 0.226 e. The van der Waals surface area contributed by atoms with Crippen molar-refractivity contribution in [2.45, 2.75) is 19.1 Å². The van der Waals surface area contributed by atoms with Gasteiger partial charge in [-0.25, -0.2) is 4.68 Å². The fourth-order valence-electron chi connectivity index (χ4n) is 4.68. The van der Waals surface area contributed by atoms with Crippen LogP contribution in [0.5, 0.6) is 11.5 Å². The van der Waals surface area contributed by atoms with Gasteiger partial charge in [0.05, 0.1) is 12.8 Å². The molecule has 35 heavy (non-hydrogen) atoms.